The maximum atomic E-state index is 9.08. The summed E-state index contributed by atoms with van der Waals surface area (Å²) in [5.41, 5.74) is 1.27. The minimum Gasteiger partial charge on any atom is -0.395 e. The van der Waals surface area contributed by atoms with Gasteiger partial charge in [-0.05, 0) is 19.0 Å². The van der Waals surface area contributed by atoms with Gasteiger partial charge >= 0.3 is 0 Å². The van der Waals surface area contributed by atoms with Gasteiger partial charge in [0.05, 0.1) is 6.61 Å². The lowest BCUT2D eigenvalue weighted by Crippen LogP contribution is -2.33. The lowest BCUT2D eigenvalue weighted by molar-refractivity contribution is 0.204. The topological polar surface area (TPSA) is 51.6 Å². The van der Waals surface area contributed by atoms with Gasteiger partial charge in [-0.1, -0.05) is 19.9 Å². The van der Waals surface area contributed by atoms with E-state index in [2.05, 4.69) is 40.0 Å². The highest BCUT2D eigenvalue weighted by Crippen LogP contribution is 2.19. The largest absolute Gasteiger partial charge is 0.395 e. The first-order valence-corrected chi connectivity index (χ1v) is 7.96. The predicted molar refractivity (Wildman–Crippen MR) is 86.6 cm³/mol. The zero-order valence-corrected chi connectivity index (χ0v) is 13.3. The van der Waals surface area contributed by atoms with Crippen molar-refractivity contribution in [2.24, 2.45) is 0 Å². The van der Waals surface area contributed by atoms with Crippen LogP contribution in [0.15, 0.2) is 18.3 Å². The standard InChI is InChI=1S/C16H28N4O/c1-14(2)18-13-15-5-3-6-17-16(15)20-8-4-7-19(9-10-20)11-12-21/h3,5-6,14,18,21H,4,7-13H2,1-2H3. The summed E-state index contributed by atoms with van der Waals surface area (Å²) < 4.78 is 0. The highest BCUT2D eigenvalue weighted by Gasteiger charge is 2.17. The van der Waals surface area contributed by atoms with Gasteiger partial charge in [0.15, 0.2) is 0 Å². The molecule has 5 heteroatoms. The quantitative estimate of drug-likeness (QED) is 0.822. The Bertz CT molecular complexity index is 424. The van der Waals surface area contributed by atoms with Gasteiger partial charge < -0.3 is 15.3 Å². The van der Waals surface area contributed by atoms with Gasteiger partial charge in [-0.25, -0.2) is 4.98 Å². The van der Waals surface area contributed by atoms with Crippen molar-refractivity contribution in [3.8, 4) is 0 Å². The number of anilines is 1. The van der Waals surface area contributed by atoms with Gasteiger partial charge in [-0.15, -0.1) is 0 Å². The van der Waals surface area contributed by atoms with E-state index in [1.54, 1.807) is 0 Å². The fraction of sp³-hybridized carbons (Fsp3) is 0.688. The summed E-state index contributed by atoms with van der Waals surface area (Å²) in [4.78, 5) is 9.32. The fourth-order valence-corrected chi connectivity index (χ4v) is 2.71. The van der Waals surface area contributed by atoms with Crippen LogP contribution >= 0.6 is 0 Å². The van der Waals surface area contributed by atoms with Crippen LogP contribution in [0.1, 0.15) is 25.8 Å². The van der Waals surface area contributed by atoms with Crippen molar-refractivity contribution in [2.75, 3.05) is 44.2 Å². The molecule has 0 amide bonds. The SMILES string of the molecule is CC(C)NCc1cccnc1N1CCCN(CCO)CC1. The van der Waals surface area contributed by atoms with Gasteiger partial charge in [0, 0.05) is 50.5 Å². The molecule has 0 unspecified atom stereocenters. The Morgan fingerprint density at radius 1 is 1.29 bits per heavy atom. The molecule has 1 aliphatic heterocycles. The van der Waals surface area contributed by atoms with Crippen molar-refractivity contribution in [1.29, 1.82) is 0 Å². The number of nitrogens with zero attached hydrogens (tertiary/aromatic N) is 3. The van der Waals surface area contributed by atoms with Crippen LogP contribution in [0.5, 0.6) is 0 Å². The van der Waals surface area contributed by atoms with Crippen LogP contribution in [0.2, 0.25) is 0 Å². The predicted octanol–water partition coefficient (Wildman–Crippen LogP) is 1.08. The van der Waals surface area contributed by atoms with Crippen LogP contribution < -0.4 is 10.2 Å². The second kappa shape index (κ2) is 8.32. The summed E-state index contributed by atoms with van der Waals surface area (Å²) in [5.74, 6) is 1.11. The first kappa shape index (κ1) is 16.2. The normalized spacial score (nSPS) is 17.2. The van der Waals surface area contributed by atoms with Gasteiger partial charge in [-0.2, -0.15) is 0 Å². The highest BCUT2D eigenvalue weighted by molar-refractivity contribution is 5.46. The van der Waals surface area contributed by atoms with Gasteiger partial charge in [0.25, 0.3) is 0 Å². The second-order valence-corrected chi connectivity index (χ2v) is 5.93. The molecule has 0 spiro atoms. The van der Waals surface area contributed by atoms with Crippen molar-refractivity contribution in [3.05, 3.63) is 23.9 Å². The van der Waals surface area contributed by atoms with E-state index < -0.39 is 0 Å². The van der Waals surface area contributed by atoms with Crippen LogP contribution in [0.3, 0.4) is 0 Å². The van der Waals surface area contributed by atoms with E-state index in [1.807, 2.05) is 12.3 Å². The van der Waals surface area contributed by atoms with Gasteiger partial charge in [0.1, 0.15) is 5.82 Å². The zero-order valence-electron chi connectivity index (χ0n) is 13.3. The summed E-state index contributed by atoms with van der Waals surface area (Å²) in [7, 11) is 0. The molecule has 1 fully saturated rings. The Morgan fingerprint density at radius 2 is 2.14 bits per heavy atom. The van der Waals surface area contributed by atoms with Crippen LogP contribution in [0.4, 0.5) is 5.82 Å². The molecule has 2 heterocycles. The fourth-order valence-electron chi connectivity index (χ4n) is 2.71. The molecule has 1 aromatic rings. The molecule has 1 aliphatic rings. The number of aliphatic hydroxyl groups excluding tert-OH is 1. The lowest BCUT2D eigenvalue weighted by atomic mass is 10.2. The first-order valence-electron chi connectivity index (χ1n) is 7.96. The number of aromatic nitrogens is 1. The summed E-state index contributed by atoms with van der Waals surface area (Å²) >= 11 is 0. The molecule has 2 N–H and O–H groups in total. The molecular weight excluding hydrogens is 264 g/mol. The Balaban J connectivity index is 2.03. The average Bonchev–Trinajstić information content (AvgIpc) is 2.71. The summed E-state index contributed by atoms with van der Waals surface area (Å²) in [6.07, 6.45) is 3.00. The number of rotatable bonds is 6. The average molecular weight is 292 g/mol. The molecular formula is C16H28N4O. The molecule has 0 atom stereocenters. The third-order valence-electron chi connectivity index (χ3n) is 3.87. The van der Waals surface area contributed by atoms with E-state index in [0.29, 0.717) is 6.04 Å². The smallest absolute Gasteiger partial charge is 0.133 e. The van der Waals surface area contributed by atoms with Crippen LogP contribution in [-0.2, 0) is 6.54 Å². The second-order valence-electron chi connectivity index (χ2n) is 5.93. The number of hydrogen-bond donors (Lipinski definition) is 2. The van der Waals surface area contributed by atoms with Crippen molar-refractivity contribution in [2.45, 2.75) is 32.9 Å². The van der Waals surface area contributed by atoms with Crippen LogP contribution in [0, 0.1) is 0 Å². The van der Waals surface area contributed by atoms with Crippen molar-refractivity contribution >= 4 is 5.82 Å². The molecule has 1 saturated heterocycles. The van der Waals surface area contributed by atoms with Crippen LogP contribution in [0.25, 0.3) is 0 Å². The maximum Gasteiger partial charge on any atom is 0.133 e. The van der Waals surface area contributed by atoms with Gasteiger partial charge in [-0.3, -0.25) is 4.90 Å². The molecule has 0 aromatic carbocycles. The lowest BCUT2D eigenvalue weighted by Gasteiger charge is -2.25. The van der Waals surface area contributed by atoms with Gasteiger partial charge in [0.2, 0.25) is 0 Å². The zero-order chi connectivity index (χ0) is 15.1. The molecule has 2 rings (SSSR count). The molecule has 1 aromatic heterocycles. The summed E-state index contributed by atoms with van der Waals surface area (Å²) in [6, 6.07) is 4.65. The van der Waals surface area contributed by atoms with Crippen molar-refractivity contribution in [3.63, 3.8) is 0 Å². The Hall–Kier alpha value is -1.17. The number of aliphatic hydroxyl groups is 1. The van der Waals surface area contributed by atoms with Crippen molar-refractivity contribution < 1.29 is 5.11 Å². The number of pyridine rings is 1. The van der Waals surface area contributed by atoms with E-state index in [1.165, 1.54) is 5.56 Å². The van der Waals surface area contributed by atoms with Crippen LogP contribution in [-0.4, -0.2) is 60.4 Å². The molecule has 5 nitrogen and oxygen atoms in total. The molecule has 0 radical (unpaired) electrons. The Labute approximate surface area is 128 Å². The molecule has 0 aliphatic carbocycles. The van der Waals surface area contributed by atoms with E-state index in [-0.39, 0.29) is 6.61 Å². The number of nitrogens with one attached hydrogen (secondary N) is 1. The van der Waals surface area contributed by atoms with Crippen molar-refractivity contribution in [1.82, 2.24) is 15.2 Å². The van der Waals surface area contributed by atoms with E-state index in [9.17, 15) is 0 Å². The third-order valence-corrected chi connectivity index (χ3v) is 3.87. The molecule has 118 valence electrons. The van der Waals surface area contributed by atoms with E-state index in [0.717, 1.165) is 51.5 Å². The minimum absolute atomic E-state index is 0.243. The third kappa shape index (κ3) is 4.95. The number of hydrogen-bond acceptors (Lipinski definition) is 5. The molecule has 0 saturated carbocycles. The summed E-state index contributed by atoms with van der Waals surface area (Å²) in [5, 5.41) is 12.6. The number of β-amino-alcohol motifs (C(OH)–C–C–N with tert-alkyl or cyclic N) is 1. The van der Waals surface area contributed by atoms with E-state index >= 15 is 0 Å². The molecule has 21 heavy (non-hydrogen) atoms. The Morgan fingerprint density at radius 3 is 2.90 bits per heavy atom. The first-order chi connectivity index (χ1) is 10.2. The Kier molecular flexibility index (Phi) is 6.42. The molecule has 0 bridgehead atoms. The van der Waals surface area contributed by atoms with E-state index in [4.69, 9.17) is 5.11 Å². The monoisotopic (exact) mass is 292 g/mol. The summed E-state index contributed by atoms with van der Waals surface area (Å²) in [6.45, 7) is 10.3. The maximum absolute atomic E-state index is 9.08. The highest BCUT2D eigenvalue weighted by atomic mass is 16.3. The minimum atomic E-state index is 0.243.